The van der Waals surface area contributed by atoms with Crippen LogP contribution >= 0.6 is 45.2 Å². The maximum Gasteiger partial charge on any atom is 0.196 e. The van der Waals surface area contributed by atoms with Crippen LogP contribution in [0.3, 0.4) is 0 Å². The number of carbonyl (C=O) groups excluding carboxylic acids is 1. The number of Topliss-reactive ketones (excluding diaryl/α,β-unsaturated/α-hetero) is 1. The number of ether oxygens (including phenoxy) is 2. The predicted octanol–water partition coefficient (Wildman–Crippen LogP) is 4.70. The molecule has 0 aliphatic carbocycles. The summed E-state index contributed by atoms with van der Waals surface area (Å²) in [5.41, 5.74) is 2.14. The highest BCUT2D eigenvalue weighted by Gasteiger charge is 2.21. The van der Waals surface area contributed by atoms with Gasteiger partial charge in [0, 0.05) is 44.1 Å². The van der Waals surface area contributed by atoms with E-state index in [4.69, 9.17) is 9.47 Å². The molecule has 0 unspecified atom stereocenters. The Morgan fingerprint density at radius 2 is 1.56 bits per heavy atom. The van der Waals surface area contributed by atoms with E-state index in [0.29, 0.717) is 22.6 Å². The summed E-state index contributed by atoms with van der Waals surface area (Å²) >= 11 is 4.40. The molecule has 0 N–H and O–H groups in total. The molecule has 0 heterocycles. The third kappa shape index (κ3) is 4.66. The zero-order valence-electron chi connectivity index (χ0n) is 14.5. The van der Waals surface area contributed by atoms with E-state index >= 15 is 0 Å². The molecule has 0 saturated carbocycles. The zero-order valence-corrected chi connectivity index (χ0v) is 18.8. The van der Waals surface area contributed by atoms with Gasteiger partial charge in [-0.2, -0.15) is 0 Å². The van der Waals surface area contributed by atoms with Crippen LogP contribution in [0.2, 0.25) is 0 Å². The molecule has 6 heteroatoms. The molecule has 0 radical (unpaired) electrons. The summed E-state index contributed by atoms with van der Waals surface area (Å²) in [6.07, 6.45) is 1.85. The van der Waals surface area contributed by atoms with Crippen LogP contribution in [0.5, 0.6) is 11.5 Å². The Kier molecular flexibility index (Phi) is 7.12. The molecule has 4 nitrogen and oxygen atoms in total. The Hall–Kier alpha value is -1.29. The smallest absolute Gasteiger partial charge is 0.196 e. The average Bonchev–Trinajstić information content (AvgIpc) is 2.59. The highest BCUT2D eigenvalue weighted by Crippen LogP contribution is 2.34. The van der Waals surface area contributed by atoms with Crippen molar-refractivity contribution in [1.29, 1.82) is 0 Å². The lowest BCUT2D eigenvalue weighted by Gasteiger charge is -2.16. The fourth-order valence-corrected chi connectivity index (χ4v) is 3.72. The number of nitrogens with zero attached hydrogens (tertiary/aromatic N) is 1. The molecule has 0 bridgehead atoms. The Morgan fingerprint density at radius 3 is 2.12 bits per heavy atom. The number of hydrogen-bond donors (Lipinski definition) is 0. The van der Waals surface area contributed by atoms with Crippen molar-refractivity contribution in [2.75, 3.05) is 28.3 Å². The van der Waals surface area contributed by atoms with Gasteiger partial charge in [0.2, 0.25) is 0 Å². The van der Waals surface area contributed by atoms with Crippen molar-refractivity contribution in [3.63, 3.8) is 0 Å². The van der Waals surface area contributed by atoms with Crippen LogP contribution in [-0.4, -0.2) is 39.0 Å². The normalized spacial score (nSPS) is 11.2. The Balaban J connectivity index is 2.61. The van der Waals surface area contributed by atoms with Crippen molar-refractivity contribution in [3.05, 3.63) is 60.9 Å². The lowest BCUT2D eigenvalue weighted by molar-refractivity contribution is 0.105. The van der Waals surface area contributed by atoms with Gasteiger partial charge < -0.3 is 14.4 Å². The molecule has 0 aliphatic rings. The molecule has 0 saturated heterocycles. The summed E-state index contributed by atoms with van der Waals surface area (Å²) in [6.45, 7) is 0. The molecule has 2 aromatic carbocycles. The summed E-state index contributed by atoms with van der Waals surface area (Å²) in [6, 6.07) is 11.4. The first kappa shape index (κ1) is 20.0. The fourth-order valence-electron chi connectivity index (χ4n) is 2.36. The van der Waals surface area contributed by atoms with Gasteiger partial charge in [0.1, 0.15) is 0 Å². The van der Waals surface area contributed by atoms with Gasteiger partial charge in [0.25, 0.3) is 0 Å². The molecular formula is C19H19I2NO3. The maximum absolute atomic E-state index is 13.3. The van der Waals surface area contributed by atoms with Crippen LogP contribution in [0.1, 0.15) is 15.9 Å². The van der Waals surface area contributed by atoms with E-state index in [9.17, 15) is 4.79 Å². The number of carbonyl (C=O) groups is 1. The van der Waals surface area contributed by atoms with Crippen molar-refractivity contribution in [3.8, 4) is 11.5 Å². The first-order valence-electron chi connectivity index (χ1n) is 7.48. The molecule has 0 amide bonds. The molecule has 0 aliphatic heterocycles. The maximum atomic E-state index is 13.3. The topological polar surface area (TPSA) is 38.8 Å². The van der Waals surface area contributed by atoms with E-state index in [1.165, 1.54) is 0 Å². The van der Waals surface area contributed by atoms with Crippen LogP contribution < -0.4 is 9.47 Å². The van der Waals surface area contributed by atoms with Gasteiger partial charge >= 0.3 is 0 Å². The molecule has 0 aromatic heterocycles. The minimum absolute atomic E-state index is 0.0526. The third-order valence-electron chi connectivity index (χ3n) is 3.51. The molecule has 2 aromatic rings. The first-order valence-corrected chi connectivity index (χ1v) is 9.64. The number of allylic oxidation sites excluding steroid dienone is 1. The van der Waals surface area contributed by atoms with Crippen molar-refractivity contribution in [1.82, 2.24) is 4.90 Å². The lowest BCUT2D eigenvalue weighted by Crippen LogP contribution is -2.11. The van der Waals surface area contributed by atoms with Gasteiger partial charge in [-0.05, 0) is 63.4 Å². The Bertz CT molecular complexity index is 816. The molecule has 132 valence electrons. The van der Waals surface area contributed by atoms with Gasteiger partial charge in [-0.3, -0.25) is 4.79 Å². The van der Waals surface area contributed by atoms with E-state index in [2.05, 4.69) is 45.2 Å². The molecular weight excluding hydrogens is 544 g/mol. The average molecular weight is 563 g/mol. The number of rotatable bonds is 6. The monoisotopic (exact) mass is 563 g/mol. The Labute approximate surface area is 175 Å². The molecule has 25 heavy (non-hydrogen) atoms. The summed E-state index contributed by atoms with van der Waals surface area (Å²) < 4.78 is 12.5. The second kappa shape index (κ2) is 8.88. The number of ketones is 1. The van der Waals surface area contributed by atoms with Gasteiger partial charge in [0.05, 0.1) is 14.2 Å². The SMILES string of the molecule is COc1cc(I)c(C(=O)/C(=C/N(C)C)c2ccccc2I)cc1OC. The molecule has 0 atom stereocenters. The molecule has 0 fully saturated rings. The van der Waals surface area contributed by atoms with Gasteiger partial charge in [-0.1, -0.05) is 18.2 Å². The number of halogens is 2. The van der Waals surface area contributed by atoms with Crippen LogP contribution in [0.15, 0.2) is 42.6 Å². The molecule has 2 rings (SSSR count). The zero-order chi connectivity index (χ0) is 18.6. The quantitative estimate of drug-likeness (QED) is 0.291. The minimum atomic E-state index is -0.0526. The summed E-state index contributed by atoms with van der Waals surface area (Å²) in [4.78, 5) is 15.2. The lowest BCUT2D eigenvalue weighted by atomic mass is 9.97. The van der Waals surface area contributed by atoms with Gasteiger partial charge in [0.15, 0.2) is 17.3 Å². The molecule has 0 spiro atoms. The Morgan fingerprint density at radius 1 is 0.960 bits per heavy atom. The van der Waals surface area contributed by atoms with Crippen molar-refractivity contribution >= 4 is 56.5 Å². The second-order valence-electron chi connectivity index (χ2n) is 5.50. The summed E-state index contributed by atoms with van der Waals surface area (Å²) in [5, 5.41) is 0. The summed E-state index contributed by atoms with van der Waals surface area (Å²) in [7, 11) is 6.96. The predicted molar refractivity (Wildman–Crippen MR) is 117 cm³/mol. The minimum Gasteiger partial charge on any atom is -0.493 e. The largest absolute Gasteiger partial charge is 0.493 e. The first-order chi connectivity index (χ1) is 11.9. The number of methoxy groups -OCH3 is 2. The van der Waals surface area contributed by atoms with Crippen LogP contribution in [-0.2, 0) is 0 Å². The van der Waals surface area contributed by atoms with E-state index < -0.39 is 0 Å². The van der Waals surface area contributed by atoms with E-state index in [-0.39, 0.29) is 5.78 Å². The third-order valence-corrected chi connectivity index (χ3v) is 5.35. The van der Waals surface area contributed by atoms with Gasteiger partial charge in [-0.15, -0.1) is 0 Å². The van der Waals surface area contributed by atoms with Crippen molar-refractivity contribution < 1.29 is 14.3 Å². The van der Waals surface area contributed by atoms with E-state index in [1.54, 1.807) is 20.3 Å². The van der Waals surface area contributed by atoms with E-state index in [1.807, 2.05) is 55.5 Å². The highest BCUT2D eigenvalue weighted by atomic mass is 127. The fraction of sp³-hybridized carbons (Fsp3) is 0.211. The van der Waals surface area contributed by atoms with Crippen LogP contribution in [0.25, 0.3) is 5.57 Å². The summed E-state index contributed by atoms with van der Waals surface area (Å²) in [5.74, 6) is 1.09. The van der Waals surface area contributed by atoms with Crippen LogP contribution in [0.4, 0.5) is 0 Å². The second-order valence-corrected chi connectivity index (χ2v) is 7.83. The number of hydrogen-bond acceptors (Lipinski definition) is 4. The van der Waals surface area contributed by atoms with E-state index in [0.717, 1.165) is 12.7 Å². The van der Waals surface area contributed by atoms with Gasteiger partial charge in [-0.25, -0.2) is 0 Å². The number of benzene rings is 2. The highest BCUT2D eigenvalue weighted by molar-refractivity contribution is 14.1. The standard InChI is InChI=1S/C19H19I2NO3/c1-22(2)11-14(12-7-5-6-8-15(12)20)19(23)13-9-17(24-3)18(25-4)10-16(13)21/h5-11H,1-4H3/b14-11+. The van der Waals surface area contributed by atoms with Crippen molar-refractivity contribution in [2.45, 2.75) is 0 Å². The van der Waals surface area contributed by atoms with Crippen molar-refractivity contribution in [2.24, 2.45) is 0 Å². The van der Waals surface area contributed by atoms with Crippen LogP contribution in [0, 0.1) is 7.14 Å².